The quantitative estimate of drug-likeness (QED) is 0.840. The molecule has 0 aliphatic heterocycles. The fourth-order valence-corrected chi connectivity index (χ4v) is 2.39. The molecular formula is C15H15BrO2. The number of hydrogen-bond acceptors (Lipinski definition) is 2. The van der Waals surface area contributed by atoms with Crippen LogP contribution in [-0.4, -0.2) is 14.2 Å². The van der Waals surface area contributed by atoms with Crippen LogP contribution < -0.4 is 4.74 Å². The van der Waals surface area contributed by atoms with Crippen molar-refractivity contribution in [2.45, 2.75) is 6.61 Å². The van der Waals surface area contributed by atoms with E-state index in [2.05, 4.69) is 28.1 Å². The number of halogens is 1. The van der Waals surface area contributed by atoms with E-state index in [1.807, 2.05) is 30.3 Å². The van der Waals surface area contributed by atoms with Crippen molar-refractivity contribution in [3.05, 3.63) is 52.5 Å². The Morgan fingerprint density at radius 1 is 1.06 bits per heavy atom. The van der Waals surface area contributed by atoms with Crippen molar-refractivity contribution < 1.29 is 9.47 Å². The summed E-state index contributed by atoms with van der Waals surface area (Å²) in [5.41, 5.74) is 3.43. The van der Waals surface area contributed by atoms with E-state index in [9.17, 15) is 0 Å². The lowest BCUT2D eigenvalue weighted by Crippen LogP contribution is -1.94. The van der Waals surface area contributed by atoms with E-state index in [1.54, 1.807) is 14.2 Å². The Morgan fingerprint density at radius 3 is 2.56 bits per heavy atom. The molecule has 0 spiro atoms. The van der Waals surface area contributed by atoms with E-state index in [4.69, 9.17) is 9.47 Å². The van der Waals surface area contributed by atoms with Gasteiger partial charge in [-0.15, -0.1) is 0 Å². The van der Waals surface area contributed by atoms with Crippen LogP contribution >= 0.6 is 15.9 Å². The molecule has 94 valence electrons. The van der Waals surface area contributed by atoms with Crippen LogP contribution in [0.2, 0.25) is 0 Å². The average molecular weight is 307 g/mol. The standard InChI is InChI=1S/C15H15BrO2/c1-17-10-14-13(7-4-8-15(14)16)11-5-3-6-12(9-11)18-2/h3-9H,10H2,1-2H3. The molecule has 0 fully saturated rings. The lowest BCUT2D eigenvalue weighted by molar-refractivity contribution is 0.185. The first-order valence-electron chi connectivity index (χ1n) is 5.67. The molecule has 0 aliphatic carbocycles. The zero-order chi connectivity index (χ0) is 13.0. The Morgan fingerprint density at radius 2 is 1.83 bits per heavy atom. The molecule has 0 atom stereocenters. The molecule has 0 saturated heterocycles. The number of rotatable bonds is 4. The van der Waals surface area contributed by atoms with E-state index in [0.717, 1.165) is 26.9 Å². The van der Waals surface area contributed by atoms with Gasteiger partial charge in [0.05, 0.1) is 13.7 Å². The van der Waals surface area contributed by atoms with Crippen LogP contribution in [0.4, 0.5) is 0 Å². The first kappa shape index (κ1) is 13.1. The molecular weight excluding hydrogens is 292 g/mol. The van der Waals surface area contributed by atoms with Crippen molar-refractivity contribution in [1.29, 1.82) is 0 Å². The molecule has 3 heteroatoms. The smallest absolute Gasteiger partial charge is 0.119 e. The van der Waals surface area contributed by atoms with Crippen molar-refractivity contribution in [2.24, 2.45) is 0 Å². The zero-order valence-corrected chi connectivity index (χ0v) is 12.0. The van der Waals surface area contributed by atoms with Gasteiger partial charge in [-0.25, -0.2) is 0 Å². The third-order valence-electron chi connectivity index (χ3n) is 2.79. The average Bonchev–Trinajstić information content (AvgIpc) is 2.41. The first-order chi connectivity index (χ1) is 8.76. The van der Waals surface area contributed by atoms with Gasteiger partial charge in [0.25, 0.3) is 0 Å². The molecule has 0 bridgehead atoms. The molecule has 2 nitrogen and oxygen atoms in total. The molecule has 0 N–H and O–H groups in total. The lowest BCUT2D eigenvalue weighted by atomic mass is 10.00. The molecule has 2 aromatic rings. The Hall–Kier alpha value is -1.32. The van der Waals surface area contributed by atoms with Gasteiger partial charge in [-0.1, -0.05) is 40.2 Å². The monoisotopic (exact) mass is 306 g/mol. The topological polar surface area (TPSA) is 18.5 Å². The molecule has 0 amide bonds. The molecule has 0 radical (unpaired) electrons. The van der Waals surface area contributed by atoms with Crippen LogP contribution in [0.25, 0.3) is 11.1 Å². The van der Waals surface area contributed by atoms with Crippen molar-refractivity contribution in [3.63, 3.8) is 0 Å². The van der Waals surface area contributed by atoms with Gasteiger partial charge in [0.2, 0.25) is 0 Å². The number of hydrogen-bond donors (Lipinski definition) is 0. The highest BCUT2D eigenvalue weighted by molar-refractivity contribution is 9.10. The summed E-state index contributed by atoms with van der Waals surface area (Å²) < 4.78 is 11.6. The Kier molecular flexibility index (Phi) is 4.39. The minimum atomic E-state index is 0.577. The number of benzene rings is 2. The molecule has 0 aliphatic rings. The third-order valence-corrected chi connectivity index (χ3v) is 3.53. The van der Waals surface area contributed by atoms with Crippen LogP contribution in [-0.2, 0) is 11.3 Å². The van der Waals surface area contributed by atoms with Crippen molar-refractivity contribution in [3.8, 4) is 16.9 Å². The van der Waals surface area contributed by atoms with Crippen LogP contribution in [0.15, 0.2) is 46.9 Å². The van der Waals surface area contributed by atoms with E-state index < -0.39 is 0 Å². The maximum absolute atomic E-state index is 5.27. The molecule has 0 unspecified atom stereocenters. The largest absolute Gasteiger partial charge is 0.497 e. The Labute approximate surface area is 116 Å². The molecule has 2 rings (SSSR count). The second-order valence-corrected chi connectivity index (χ2v) is 4.79. The first-order valence-corrected chi connectivity index (χ1v) is 6.46. The maximum atomic E-state index is 5.27. The van der Waals surface area contributed by atoms with Crippen LogP contribution in [0.1, 0.15) is 5.56 Å². The second kappa shape index (κ2) is 6.03. The molecule has 0 saturated carbocycles. The number of methoxy groups -OCH3 is 2. The van der Waals surface area contributed by atoms with Gasteiger partial charge in [0.15, 0.2) is 0 Å². The minimum Gasteiger partial charge on any atom is -0.497 e. The van der Waals surface area contributed by atoms with Gasteiger partial charge in [-0.2, -0.15) is 0 Å². The van der Waals surface area contributed by atoms with Crippen molar-refractivity contribution in [1.82, 2.24) is 0 Å². The van der Waals surface area contributed by atoms with E-state index >= 15 is 0 Å². The maximum Gasteiger partial charge on any atom is 0.119 e. The number of ether oxygens (including phenoxy) is 2. The summed E-state index contributed by atoms with van der Waals surface area (Å²) in [6.07, 6.45) is 0. The predicted octanol–water partition coefficient (Wildman–Crippen LogP) is 4.27. The molecule has 18 heavy (non-hydrogen) atoms. The normalized spacial score (nSPS) is 10.4. The Balaban J connectivity index is 2.52. The van der Waals surface area contributed by atoms with Gasteiger partial charge in [-0.05, 0) is 34.9 Å². The predicted molar refractivity (Wildman–Crippen MR) is 76.8 cm³/mol. The van der Waals surface area contributed by atoms with E-state index in [1.165, 1.54) is 0 Å². The van der Waals surface area contributed by atoms with Crippen LogP contribution in [0.3, 0.4) is 0 Å². The minimum absolute atomic E-state index is 0.577. The van der Waals surface area contributed by atoms with Crippen LogP contribution in [0.5, 0.6) is 5.75 Å². The highest BCUT2D eigenvalue weighted by atomic mass is 79.9. The summed E-state index contributed by atoms with van der Waals surface area (Å²) >= 11 is 3.57. The summed E-state index contributed by atoms with van der Waals surface area (Å²) in [6, 6.07) is 14.2. The van der Waals surface area contributed by atoms with Crippen molar-refractivity contribution in [2.75, 3.05) is 14.2 Å². The molecule has 0 heterocycles. The fraction of sp³-hybridized carbons (Fsp3) is 0.200. The summed E-state index contributed by atoms with van der Waals surface area (Å²) in [7, 11) is 3.38. The SMILES string of the molecule is COCc1c(Br)cccc1-c1cccc(OC)c1. The molecule has 2 aromatic carbocycles. The van der Waals surface area contributed by atoms with Gasteiger partial charge in [0.1, 0.15) is 5.75 Å². The lowest BCUT2D eigenvalue weighted by Gasteiger charge is -2.12. The van der Waals surface area contributed by atoms with Gasteiger partial charge >= 0.3 is 0 Å². The fourth-order valence-electron chi connectivity index (χ4n) is 1.91. The Bertz CT molecular complexity index is 538. The highest BCUT2D eigenvalue weighted by Gasteiger charge is 2.09. The summed E-state index contributed by atoms with van der Waals surface area (Å²) in [4.78, 5) is 0. The van der Waals surface area contributed by atoms with E-state index in [-0.39, 0.29) is 0 Å². The summed E-state index contributed by atoms with van der Waals surface area (Å²) in [5, 5.41) is 0. The summed E-state index contributed by atoms with van der Waals surface area (Å²) in [6.45, 7) is 0.577. The van der Waals surface area contributed by atoms with Gasteiger partial charge < -0.3 is 9.47 Å². The van der Waals surface area contributed by atoms with Gasteiger partial charge in [-0.3, -0.25) is 0 Å². The second-order valence-electron chi connectivity index (χ2n) is 3.93. The third kappa shape index (κ3) is 2.74. The van der Waals surface area contributed by atoms with Crippen LogP contribution in [0, 0.1) is 0 Å². The highest BCUT2D eigenvalue weighted by Crippen LogP contribution is 2.31. The molecule has 0 aromatic heterocycles. The van der Waals surface area contributed by atoms with Crippen molar-refractivity contribution >= 4 is 15.9 Å². The zero-order valence-electron chi connectivity index (χ0n) is 10.4. The summed E-state index contributed by atoms with van der Waals surface area (Å²) in [5.74, 6) is 0.857. The van der Waals surface area contributed by atoms with E-state index in [0.29, 0.717) is 6.61 Å². The van der Waals surface area contributed by atoms with Gasteiger partial charge in [0, 0.05) is 11.6 Å².